The van der Waals surface area contributed by atoms with E-state index in [2.05, 4.69) is 17.4 Å². The normalized spacial score (nSPS) is 20.7. The number of methoxy groups -OCH3 is 1. The standard InChI is InChI=1S/C19H26N2O4/c1-25-16-5-6-17-14(11-16)3-2-4-15(17)12-20-19(24)21-9-7-13(8-10-21)18(22)23/h5-6,11,13,15H,2-4,7-10,12H2,1H3,(H,20,24)(H,22,23). The number of amides is 2. The number of hydrogen-bond acceptors (Lipinski definition) is 3. The van der Waals surface area contributed by atoms with E-state index in [9.17, 15) is 9.59 Å². The highest BCUT2D eigenvalue weighted by atomic mass is 16.5. The summed E-state index contributed by atoms with van der Waals surface area (Å²) in [6, 6.07) is 6.11. The molecule has 2 aliphatic rings. The summed E-state index contributed by atoms with van der Waals surface area (Å²) >= 11 is 0. The minimum atomic E-state index is -0.755. The van der Waals surface area contributed by atoms with Crippen LogP contribution in [0.5, 0.6) is 5.75 Å². The highest BCUT2D eigenvalue weighted by Crippen LogP contribution is 2.33. The maximum absolute atomic E-state index is 12.4. The Bertz CT molecular complexity index is 638. The first-order valence-corrected chi connectivity index (χ1v) is 9.01. The molecule has 0 bridgehead atoms. The van der Waals surface area contributed by atoms with Gasteiger partial charge in [-0.3, -0.25) is 4.79 Å². The molecule has 1 aromatic rings. The van der Waals surface area contributed by atoms with Gasteiger partial charge < -0.3 is 20.1 Å². The molecule has 136 valence electrons. The minimum Gasteiger partial charge on any atom is -0.497 e. The first-order valence-electron chi connectivity index (χ1n) is 9.01. The maximum atomic E-state index is 12.4. The van der Waals surface area contributed by atoms with Crippen molar-refractivity contribution in [2.45, 2.75) is 38.0 Å². The first-order chi connectivity index (χ1) is 12.1. The van der Waals surface area contributed by atoms with Crippen LogP contribution in [-0.4, -0.2) is 48.8 Å². The van der Waals surface area contributed by atoms with Gasteiger partial charge in [0.1, 0.15) is 5.75 Å². The Kier molecular flexibility index (Phi) is 5.46. The largest absolute Gasteiger partial charge is 0.497 e. The Morgan fingerprint density at radius 1 is 1.28 bits per heavy atom. The van der Waals surface area contributed by atoms with Crippen LogP contribution in [0.4, 0.5) is 4.79 Å². The molecule has 1 aliphatic heterocycles. The predicted molar refractivity (Wildman–Crippen MR) is 94.0 cm³/mol. The van der Waals surface area contributed by atoms with Crippen LogP contribution in [0.2, 0.25) is 0 Å². The van der Waals surface area contributed by atoms with Crippen molar-refractivity contribution in [2.75, 3.05) is 26.7 Å². The molecule has 6 heteroatoms. The molecule has 0 spiro atoms. The lowest BCUT2D eigenvalue weighted by molar-refractivity contribution is -0.143. The van der Waals surface area contributed by atoms with Crippen molar-refractivity contribution in [3.63, 3.8) is 0 Å². The number of carbonyl (C=O) groups is 2. The highest BCUT2D eigenvalue weighted by molar-refractivity contribution is 5.75. The van der Waals surface area contributed by atoms with E-state index in [0.29, 0.717) is 38.4 Å². The van der Waals surface area contributed by atoms with E-state index in [4.69, 9.17) is 9.84 Å². The third kappa shape index (κ3) is 4.06. The molecular formula is C19H26N2O4. The summed E-state index contributed by atoms with van der Waals surface area (Å²) in [6.45, 7) is 1.65. The molecule has 25 heavy (non-hydrogen) atoms. The van der Waals surface area contributed by atoms with Gasteiger partial charge in [-0.25, -0.2) is 4.79 Å². The fourth-order valence-electron chi connectivity index (χ4n) is 3.88. The van der Waals surface area contributed by atoms with E-state index >= 15 is 0 Å². The van der Waals surface area contributed by atoms with Gasteiger partial charge in [-0.05, 0) is 55.4 Å². The Morgan fingerprint density at radius 3 is 2.72 bits per heavy atom. The molecular weight excluding hydrogens is 320 g/mol. The van der Waals surface area contributed by atoms with Crippen LogP contribution in [0.25, 0.3) is 0 Å². The lowest BCUT2D eigenvalue weighted by Crippen LogP contribution is -2.46. The minimum absolute atomic E-state index is 0.0792. The predicted octanol–water partition coefficient (Wildman–Crippen LogP) is 2.62. The van der Waals surface area contributed by atoms with E-state index in [1.54, 1.807) is 12.0 Å². The summed E-state index contributed by atoms with van der Waals surface area (Å²) in [6.07, 6.45) is 4.31. The number of hydrogen-bond donors (Lipinski definition) is 2. The van der Waals surface area contributed by atoms with Crippen molar-refractivity contribution < 1.29 is 19.4 Å². The number of aliphatic carboxylic acids is 1. The number of rotatable bonds is 4. The summed E-state index contributed by atoms with van der Waals surface area (Å²) in [5, 5.41) is 12.1. The van der Waals surface area contributed by atoms with Crippen molar-refractivity contribution in [2.24, 2.45) is 5.92 Å². The highest BCUT2D eigenvalue weighted by Gasteiger charge is 2.28. The molecule has 2 N–H and O–H groups in total. The third-order valence-corrected chi connectivity index (χ3v) is 5.42. The first kappa shape index (κ1) is 17.6. The molecule has 3 rings (SSSR count). The Labute approximate surface area is 148 Å². The Hall–Kier alpha value is -2.24. The zero-order chi connectivity index (χ0) is 17.8. The van der Waals surface area contributed by atoms with Crippen molar-refractivity contribution in [3.8, 4) is 5.75 Å². The number of fused-ring (bicyclic) bond motifs is 1. The number of carboxylic acids is 1. The zero-order valence-electron chi connectivity index (χ0n) is 14.7. The smallest absolute Gasteiger partial charge is 0.317 e. The quantitative estimate of drug-likeness (QED) is 0.878. The number of likely N-dealkylation sites (tertiary alicyclic amines) is 1. The van der Waals surface area contributed by atoms with Gasteiger partial charge in [0, 0.05) is 25.6 Å². The molecule has 0 radical (unpaired) electrons. The molecule has 0 saturated carbocycles. The molecule has 1 heterocycles. The lowest BCUT2D eigenvalue weighted by atomic mass is 9.82. The summed E-state index contributed by atoms with van der Waals surface area (Å²) in [4.78, 5) is 25.1. The van der Waals surface area contributed by atoms with Crippen molar-refractivity contribution in [1.82, 2.24) is 10.2 Å². The van der Waals surface area contributed by atoms with Crippen molar-refractivity contribution in [1.29, 1.82) is 0 Å². The fourth-order valence-corrected chi connectivity index (χ4v) is 3.88. The van der Waals surface area contributed by atoms with E-state index in [1.165, 1.54) is 11.1 Å². The van der Waals surface area contributed by atoms with Gasteiger partial charge in [-0.1, -0.05) is 6.07 Å². The third-order valence-electron chi connectivity index (χ3n) is 5.42. The molecule has 6 nitrogen and oxygen atoms in total. The molecule has 1 atom stereocenters. The number of ether oxygens (including phenoxy) is 1. The lowest BCUT2D eigenvalue weighted by Gasteiger charge is -2.31. The number of aryl methyl sites for hydroxylation is 1. The molecule has 1 aliphatic carbocycles. The SMILES string of the molecule is COc1ccc2c(c1)CCCC2CNC(=O)N1CCC(C(=O)O)CC1. The number of piperidine rings is 1. The van der Waals surface area contributed by atoms with Crippen LogP contribution in [0.1, 0.15) is 42.7 Å². The number of carboxylic acid groups (broad SMARTS) is 1. The monoisotopic (exact) mass is 346 g/mol. The number of benzene rings is 1. The summed E-state index contributed by atoms with van der Waals surface area (Å²) in [5.41, 5.74) is 2.61. The van der Waals surface area contributed by atoms with Crippen molar-refractivity contribution >= 4 is 12.0 Å². The molecule has 2 amide bonds. The zero-order valence-corrected chi connectivity index (χ0v) is 14.7. The average molecular weight is 346 g/mol. The summed E-state index contributed by atoms with van der Waals surface area (Å²) in [5.74, 6) is 0.137. The van der Waals surface area contributed by atoms with Crippen LogP contribution in [0.3, 0.4) is 0 Å². The summed E-state index contributed by atoms with van der Waals surface area (Å²) in [7, 11) is 1.68. The number of urea groups is 1. The topological polar surface area (TPSA) is 78.9 Å². The van der Waals surface area contributed by atoms with Gasteiger partial charge in [0.2, 0.25) is 0 Å². The van der Waals surface area contributed by atoms with E-state index in [1.807, 2.05) is 6.07 Å². The second-order valence-corrected chi connectivity index (χ2v) is 6.94. The molecule has 1 saturated heterocycles. The fraction of sp³-hybridized carbons (Fsp3) is 0.579. The van der Waals surface area contributed by atoms with Gasteiger partial charge in [-0.2, -0.15) is 0 Å². The number of carbonyl (C=O) groups excluding carboxylic acids is 1. The molecule has 1 aromatic carbocycles. The van der Waals surface area contributed by atoms with Gasteiger partial charge in [0.15, 0.2) is 0 Å². The van der Waals surface area contributed by atoms with Crippen LogP contribution in [0.15, 0.2) is 18.2 Å². The van der Waals surface area contributed by atoms with Crippen molar-refractivity contribution in [3.05, 3.63) is 29.3 Å². The van der Waals surface area contributed by atoms with Gasteiger partial charge in [0.05, 0.1) is 13.0 Å². The van der Waals surface area contributed by atoms with Crippen LogP contribution >= 0.6 is 0 Å². The van der Waals surface area contributed by atoms with E-state index in [-0.39, 0.29) is 11.9 Å². The number of nitrogens with zero attached hydrogens (tertiary/aromatic N) is 1. The van der Waals surface area contributed by atoms with Crippen LogP contribution < -0.4 is 10.1 Å². The van der Waals surface area contributed by atoms with E-state index in [0.717, 1.165) is 25.0 Å². The Balaban J connectivity index is 1.54. The number of nitrogens with one attached hydrogen (secondary N) is 1. The van der Waals surface area contributed by atoms with Gasteiger partial charge in [0.25, 0.3) is 0 Å². The maximum Gasteiger partial charge on any atom is 0.317 e. The molecule has 1 unspecified atom stereocenters. The molecule has 1 fully saturated rings. The molecule has 0 aromatic heterocycles. The average Bonchev–Trinajstić information content (AvgIpc) is 2.65. The van der Waals surface area contributed by atoms with E-state index < -0.39 is 5.97 Å². The second-order valence-electron chi connectivity index (χ2n) is 6.94. The van der Waals surface area contributed by atoms with Crippen LogP contribution in [-0.2, 0) is 11.2 Å². The Morgan fingerprint density at radius 2 is 2.04 bits per heavy atom. The van der Waals surface area contributed by atoms with Crippen LogP contribution in [0, 0.1) is 5.92 Å². The second kappa shape index (κ2) is 7.76. The summed E-state index contributed by atoms with van der Waals surface area (Å²) < 4.78 is 5.30. The van der Waals surface area contributed by atoms with Gasteiger partial charge >= 0.3 is 12.0 Å². The van der Waals surface area contributed by atoms with Gasteiger partial charge in [-0.15, -0.1) is 0 Å².